The summed E-state index contributed by atoms with van der Waals surface area (Å²) in [6, 6.07) is 0. The van der Waals surface area contributed by atoms with Crippen LogP contribution in [0.25, 0.3) is 0 Å². The van der Waals surface area contributed by atoms with Gasteiger partial charge in [0.15, 0.2) is 6.23 Å². The van der Waals surface area contributed by atoms with Crippen LogP contribution < -0.4 is 5.32 Å². The van der Waals surface area contributed by atoms with Gasteiger partial charge in [0.2, 0.25) is 0 Å². The Morgan fingerprint density at radius 2 is 2.20 bits per heavy atom. The van der Waals surface area contributed by atoms with Crippen LogP contribution in [-0.4, -0.2) is 37.5 Å². The molecule has 0 saturated heterocycles. The lowest BCUT2D eigenvalue weighted by atomic mass is 10.0. The molecule has 1 atom stereocenters. The summed E-state index contributed by atoms with van der Waals surface area (Å²) in [5.74, 6) is 0. The van der Waals surface area contributed by atoms with Crippen LogP contribution in [0.3, 0.4) is 0 Å². The molecular formula is C14H17F3N2O. The average molecular weight is 286 g/mol. The fourth-order valence-electron chi connectivity index (χ4n) is 2.18. The standard InChI is InChI=1S/C14H17F3N2O/c1-3-20-13-11(14(15,16)17)8-10(9-19(13)2)12-6-4-5-7-18-12/h4-6,8-9,13,18H,3,7H2,1-2H3. The van der Waals surface area contributed by atoms with Crippen LogP contribution in [0.4, 0.5) is 13.2 Å². The molecule has 2 heterocycles. The SMILES string of the molecule is CCOC1C(C(F)(F)F)=CC(C2=CC=CCN2)=CN1C. The molecule has 0 aromatic rings. The summed E-state index contributed by atoms with van der Waals surface area (Å²) in [5, 5.41) is 3.05. The van der Waals surface area contributed by atoms with E-state index in [2.05, 4.69) is 5.32 Å². The topological polar surface area (TPSA) is 24.5 Å². The molecule has 3 nitrogen and oxygen atoms in total. The quantitative estimate of drug-likeness (QED) is 0.863. The molecule has 1 N–H and O–H groups in total. The number of hydrogen-bond acceptors (Lipinski definition) is 3. The van der Waals surface area contributed by atoms with Gasteiger partial charge in [0.1, 0.15) is 0 Å². The van der Waals surface area contributed by atoms with Gasteiger partial charge in [-0.1, -0.05) is 12.2 Å². The van der Waals surface area contributed by atoms with Crippen molar-refractivity contribution in [3.8, 4) is 0 Å². The second-order valence-electron chi connectivity index (χ2n) is 4.54. The monoisotopic (exact) mass is 286 g/mol. The first kappa shape index (κ1) is 14.7. The van der Waals surface area contributed by atoms with Crippen LogP contribution in [0.15, 0.2) is 47.3 Å². The summed E-state index contributed by atoms with van der Waals surface area (Å²) < 4.78 is 44.7. The third kappa shape index (κ3) is 3.07. The number of halogens is 3. The van der Waals surface area contributed by atoms with E-state index in [1.54, 1.807) is 26.2 Å². The molecule has 110 valence electrons. The number of dihydropyridines is 1. The smallest absolute Gasteiger partial charge is 0.381 e. The number of ether oxygens (including phenoxy) is 1. The Morgan fingerprint density at radius 3 is 2.75 bits per heavy atom. The molecule has 0 fully saturated rings. The van der Waals surface area contributed by atoms with Crippen LogP contribution in [0, 0.1) is 0 Å². The van der Waals surface area contributed by atoms with Gasteiger partial charge in [0.05, 0.1) is 5.57 Å². The minimum atomic E-state index is -4.42. The number of alkyl halides is 3. The zero-order valence-corrected chi connectivity index (χ0v) is 11.4. The molecule has 0 saturated carbocycles. The number of allylic oxidation sites excluding steroid dienone is 3. The Hall–Kier alpha value is -1.69. The molecule has 2 aliphatic rings. The third-order valence-electron chi connectivity index (χ3n) is 3.06. The molecule has 0 aliphatic carbocycles. The molecule has 2 rings (SSSR count). The summed E-state index contributed by atoms with van der Waals surface area (Å²) >= 11 is 0. The lowest BCUT2D eigenvalue weighted by Crippen LogP contribution is -2.40. The zero-order chi connectivity index (χ0) is 14.8. The van der Waals surface area contributed by atoms with E-state index in [4.69, 9.17) is 4.74 Å². The maximum absolute atomic E-state index is 13.2. The van der Waals surface area contributed by atoms with Crippen LogP contribution >= 0.6 is 0 Å². The van der Waals surface area contributed by atoms with Crippen molar-refractivity contribution in [1.82, 2.24) is 10.2 Å². The average Bonchev–Trinajstić information content (AvgIpc) is 2.40. The third-order valence-corrected chi connectivity index (χ3v) is 3.06. The number of likely N-dealkylation sites (N-methyl/N-ethyl adjacent to an activating group) is 1. The molecular weight excluding hydrogens is 269 g/mol. The number of nitrogens with zero attached hydrogens (tertiary/aromatic N) is 1. The van der Waals surface area contributed by atoms with Gasteiger partial charge in [-0.15, -0.1) is 0 Å². The van der Waals surface area contributed by atoms with Gasteiger partial charge in [-0.25, -0.2) is 0 Å². The Labute approximate surface area is 116 Å². The van der Waals surface area contributed by atoms with Crippen LogP contribution in [0.1, 0.15) is 6.92 Å². The van der Waals surface area contributed by atoms with E-state index in [-0.39, 0.29) is 6.61 Å². The van der Waals surface area contributed by atoms with Gasteiger partial charge < -0.3 is 15.0 Å². The fraction of sp³-hybridized carbons (Fsp3) is 0.429. The molecule has 0 aromatic carbocycles. The predicted molar refractivity (Wildman–Crippen MR) is 70.6 cm³/mol. The Kier molecular flexibility index (Phi) is 4.23. The van der Waals surface area contributed by atoms with Crippen molar-refractivity contribution in [3.63, 3.8) is 0 Å². The van der Waals surface area contributed by atoms with Crippen molar-refractivity contribution >= 4 is 0 Å². The second-order valence-corrected chi connectivity index (χ2v) is 4.54. The van der Waals surface area contributed by atoms with Gasteiger partial charge in [-0.05, 0) is 19.1 Å². The highest BCUT2D eigenvalue weighted by atomic mass is 19.4. The zero-order valence-electron chi connectivity index (χ0n) is 11.4. The molecule has 2 aliphatic heterocycles. The van der Waals surface area contributed by atoms with Crippen molar-refractivity contribution in [2.45, 2.75) is 19.3 Å². The minimum Gasteiger partial charge on any atom is -0.381 e. The van der Waals surface area contributed by atoms with E-state index in [1.165, 1.54) is 4.90 Å². The highest BCUT2D eigenvalue weighted by Crippen LogP contribution is 2.35. The summed E-state index contributed by atoms with van der Waals surface area (Å²) in [6.45, 7) is 2.50. The lowest BCUT2D eigenvalue weighted by Gasteiger charge is -2.34. The summed E-state index contributed by atoms with van der Waals surface area (Å²) in [6.07, 6.45) is 2.78. The first-order valence-corrected chi connectivity index (χ1v) is 6.38. The van der Waals surface area contributed by atoms with E-state index in [0.717, 1.165) is 6.08 Å². The summed E-state index contributed by atoms with van der Waals surface area (Å²) in [7, 11) is 1.58. The fourth-order valence-corrected chi connectivity index (χ4v) is 2.18. The van der Waals surface area contributed by atoms with Gasteiger partial charge in [0.25, 0.3) is 0 Å². The summed E-state index contributed by atoms with van der Waals surface area (Å²) in [5.41, 5.74) is 0.493. The predicted octanol–water partition coefficient (Wildman–Crippen LogP) is 2.71. The van der Waals surface area contributed by atoms with E-state index in [9.17, 15) is 13.2 Å². The van der Waals surface area contributed by atoms with E-state index in [0.29, 0.717) is 17.8 Å². The van der Waals surface area contributed by atoms with Gasteiger partial charge in [-0.3, -0.25) is 0 Å². The highest BCUT2D eigenvalue weighted by molar-refractivity contribution is 5.46. The number of hydrogen-bond donors (Lipinski definition) is 1. The largest absolute Gasteiger partial charge is 0.417 e. The lowest BCUT2D eigenvalue weighted by molar-refractivity contribution is -0.126. The molecule has 0 spiro atoms. The maximum Gasteiger partial charge on any atom is 0.417 e. The van der Waals surface area contributed by atoms with Crippen LogP contribution in [-0.2, 0) is 4.74 Å². The van der Waals surface area contributed by atoms with Gasteiger partial charge in [0, 0.05) is 37.7 Å². The Bertz CT molecular complexity index is 489. The van der Waals surface area contributed by atoms with Gasteiger partial charge >= 0.3 is 6.18 Å². The van der Waals surface area contributed by atoms with Crippen molar-refractivity contribution in [3.05, 3.63) is 47.3 Å². The van der Waals surface area contributed by atoms with E-state index in [1.807, 2.05) is 12.2 Å². The van der Waals surface area contributed by atoms with Crippen LogP contribution in [0.2, 0.25) is 0 Å². The van der Waals surface area contributed by atoms with Crippen molar-refractivity contribution in [2.24, 2.45) is 0 Å². The molecule has 0 aromatic heterocycles. The van der Waals surface area contributed by atoms with Crippen molar-refractivity contribution in [1.29, 1.82) is 0 Å². The highest BCUT2D eigenvalue weighted by Gasteiger charge is 2.42. The molecule has 0 amide bonds. The van der Waals surface area contributed by atoms with Crippen molar-refractivity contribution < 1.29 is 17.9 Å². The molecule has 20 heavy (non-hydrogen) atoms. The first-order valence-electron chi connectivity index (χ1n) is 6.38. The number of rotatable bonds is 3. The minimum absolute atomic E-state index is 0.218. The Balaban J connectivity index is 2.36. The molecule has 1 unspecified atom stereocenters. The first-order chi connectivity index (χ1) is 9.43. The van der Waals surface area contributed by atoms with Crippen LogP contribution in [0.5, 0.6) is 0 Å². The number of nitrogens with one attached hydrogen (secondary N) is 1. The molecule has 0 radical (unpaired) electrons. The second kappa shape index (κ2) is 5.75. The Morgan fingerprint density at radius 1 is 1.45 bits per heavy atom. The van der Waals surface area contributed by atoms with E-state index >= 15 is 0 Å². The molecule has 0 bridgehead atoms. The normalized spacial score (nSPS) is 22.9. The molecule has 6 heteroatoms. The van der Waals surface area contributed by atoms with E-state index < -0.39 is 18.0 Å². The maximum atomic E-state index is 13.2. The van der Waals surface area contributed by atoms with Crippen molar-refractivity contribution in [2.75, 3.05) is 20.2 Å². The summed E-state index contributed by atoms with van der Waals surface area (Å²) in [4.78, 5) is 1.45. The van der Waals surface area contributed by atoms with Gasteiger partial charge in [-0.2, -0.15) is 13.2 Å².